The Kier molecular flexibility index (Phi) is 4.84. The Bertz CT molecular complexity index is 788. The minimum atomic E-state index is -5.06. The van der Waals surface area contributed by atoms with Gasteiger partial charge in [0, 0.05) is 5.71 Å². The number of hydrogen-bond donors (Lipinski definition) is 1. The Labute approximate surface area is 161 Å². The molecule has 4 nitrogen and oxygen atoms in total. The number of carbonyl (C=O) groups excluding carboxylic acids is 1. The molecule has 1 fully saturated rings. The molecule has 1 saturated carbocycles. The van der Waals surface area contributed by atoms with Crippen molar-refractivity contribution in [1.82, 2.24) is 5.01 Å². The summed E-state index contributed by atoms with van der Waals surface area (Å²) in [6.07, 6.45) is -3.96. The zero-order valence-electron chi connectivity index (χ0n) is 15.3. The fourth-order valence-electron chi connectivity index (χ4n) is 3.96. The van der Waals surface area contributed by atoms with Crippen molar-refractivity contribution in [3.05, 3.63) is 34.9 Å². The lowest BCUT2D eigenvalue weighted by atomic mass is 9.66. The Morgan fingerprint density at radius 3 is 2.48 bits per heavy atom. The van der Waals surface area contributed by atoms with Crippen LogP contribution in [0.15, 0.2) is 29.4 Å². The van der Waals surface area contributed by atoms with Crippen LogP contribution >= 0.6 is 11.6 Å². The Hall–Kier alpha value is -1.60. The molecule has 8 heteroatoms. The van der Waals surface area contributed by atoms with Gasteiger partial charge in [0.1, 0.15) is 0 Å². The summed E-state index contributed by atoms with van der Waals surface area (Å²) < 4.78 is 42.0. The number of halogens is 4. The lowest BCUT2D eigenvalue weighted by Gasteiger charge is -2.42. The Morgan fingerprint density at radius 1 is 1.30 bits per heavy atom. The van der Waals surface area contributed by atoms with Gasteiger partial charge in [0.05, 0.1) is 16.5 Å². The second kappa shape index (κ2) is 6.48. The molecule has 148 valence electrons. The summed E-state index contributed by atoms with van der Waals surface area (Å²) in [5.74, 6) is -2.36. The van der Waals surface area contributed by atoms with Gasteiger partial charge in [-0.15, -0.1) is 0 Å². The van der Waals surface area contributed by atoms with E-state index in [0.29, 0.717) is 12.8 Å². The maximum absolute atomic E-state index is 14.0. The summed E-state index contributed by atoms with van der Waals surface area (Å²) >= 11 is 5.98. The lowest BCUT2D eigenvalue weighted by molar-refractivity contribution is -0.314. The molecule has 3 rings (SSSR count). The first-order valence-electron chi connectivity index (χ1n) is 8.83. The molecule has 1 aromatic carbocycles. The molecular weight excluding hydrogens is 381 g/mol. The number of aliphatic hydroxyl groups is 1. The van der Waals surface area contributed by atoms with Gasteiger partial charge in [-0.05, 0) is 42.7 Å². The number of alkyl halides is 3. The molecule has 1 N–H and O–H groups in total. The van der Waals surface area contributed by atoms with Crippen molar-refractivity contribution in [1.29, 1.82) is 0 Å². The number of carbonyl (C=O) groups is 1. The first kappa shape index (κ1) is 20.1. The highest BCUT2D eigenvalue weighted by Crippen LogP contribution is 2.52. The van der Waals surface area contributed by atoms with Gasteiger partial charge in [-0.25, -0.2) is 0 Å². The number of amides is 1. The maximum Gasteiger partial charge on any atom is 0.439 e. The predicted octanol–water partition coefficient (Wildman–Crippen LogP) is 4.87. The Morgan fingerprint density at radius 2 is 1.93 bits per heavy atom. The van der Waals surface area contributed by atoms with E-state index >= 15 is 0 Å². The number of hydrogen-bond acceptors (Lipinski definition) is 3. The third-order valence-corrected chi connectivity index (χ3v) is 5.98. The smallest absolute Gasteiger partial charge is 0.362 e. The second-order valence-electron chi connectivity index (χ2n) is 8.30. The van der Waals surface area contributed by atoms with Crippen molar-refractivity contribution < 1.29 is 23.1 Å². The molecule has 0 saturated heterocycles. The monoisotopic (exact) mass is 402 g/mol. The molecule has 0 aromatic heterocycles. The normalized spacial score (nSPS) is 28.7. The fraction of sp³-hybridized carbons (Fsp3) is 0.579. The third-order valence-electron chi connectivity index (χ3n) is 5.65. The predicted molar refractivity (Wildman–Crippen MR) is 96.3 cm³/mol. The average Bonchev–Trinajstić information content (AvgIpc) is 2.87. The number of benzene rings is 1. The SMILES string of the molecule is CC(C)(C)[C@@H]1CCC2=NN(C(=O)c3ccccc3Cl)[C@@](O)(C(F)(F)F)[C@@H]2C1. The summed E-state index contributed by atoms with van der Waals surface area (Å²) in [7, 11) is 0. The van der Waals surface area contributed by atoms with Crippen LogP contribution in [-0.4, -0.2) is 33.6 Å². The zero-order valence-corrected chi connectivity index (χ0v) is 16.1. The average molecular weight is 403 g/mol. The highest BCUT2D eigenvalue weighted by molar-refractivity contribution is 6.33. The first-order chi connectivity index (χ1) is 12.4. The highest BCUT2D eigenvalue weighted by atomic mass is 35.5. The van der Waals surface area contributed by atoms with Gasteiger partial charge in [-0.3, -0.25) is 4.79 Å². The molecule has 0 radical (unpaired) electrons. The van der Waals surface area contributed by atoms with Crippen LogP contribution in [0, 0.1) is 17.3 Å². The molecule has 1 aliphatic carbocycles. The van der Waals surface area contributed by atoms with Crippen LogP contribution in [0.2, 0.25) is 5.02 Å². The number of hydrazone groups is 1. The van der Waals surface area contributed by atoms with Crippen molar-refractivity contribution >= 4 is 23.2 Å². The summed E-state index contributed by atoms with van der Waals surface area (Å²) in [5, 5.41) is 14.9. The van der Waals surface area contributed by atoms with Gasteiger partial charge in [0.2, 0.25) is 0 Å². The Balaban J connectivity index is 2.04. The standard InChI is InChI=1S/C19H22ClF3N2O2/c1-17(2,3)11-8-9-15-13(10-11)18(27,19(21,22)23)25(24-15)16(26)12-6-4-5-7-14(12)20/h4-7,11,13,27H,8-10H2,1-3H3/t11-,13-,18+/m1/s1. The van der Waals surface area contributed by atoms with E-state index in [-0.39, 0.29) is 39.1 Å². The molecule has 27 heavy (non-hydrogen) atoms. The van der Waals surface area contributed by atoms with Crippen molar-refractivity contribution in [2.24, 2.45) is 22.4 Å². The number of fused-ring (bicyclic) bond motifs is 1. The van der Waals surface area contributed by atoms with Crippen LogP contribution in [0.25, 0.3) is 0 Å². The molecule has 1 heterocycles. The minimum absolute atomic E-state index is 0.00895. The van der Waals surface area contributed by atoms with Gasteiger partial charge in [0.25, 0.3) is 11.6 Å². The number of rotatable bonds is 1. The molecular formula is C19H22ClF3N2O2. The summed E-state index contributed by atoms with van der Waals surface area (Å²) in [4.78, 5) is 12.8. The largest absolute Gasteiger partial charge is 0.439 e. The van der Waals surface area contributed by atoms with E-state index in [4.69, 9.17) is 11.6 Å². The van der Waals surface area contributed by atoms with Gasteiger partial charge >= 0.3 is 6.18 Å². The molecule has 0 bridgehead atoms. The van der Waals surface area contributed by atoms with Crippen LogP contribution in [0.3, 0.4) is 0 Å². The fourth-order valence-corrected chi connectivity index (χ4v) is 4.17. The van der Waals surface area contributed by atoms with Crippen LogP contribution in [0.1, 0.15) is 50.4 Å². The van der Waals surface area contributed by atoms with Gasteiger partial charge in [-0.1, -0.05) is 44.5 Å². The summed E-state index contributed by atoms with van der Waals surface area (Å²) in [5.41, 5.74) is -3.49. The van der Waals surface area contributed by atoms with Gasteiger partial charge in [0.15, 0.2) is 0 Å². The molecule has 1 aliphatic heterocycles. The van der Waals surface area contributed by atoms with E-state index in [9.17, 15) is 23.1 Å². The minimum Gasteiger partial charge on any atom is -0.362 e. The van der Waals surface area contributed by atoms with E-state index in [0.717, 1.165) is 0 Å². The maximum atomic E-state index is 14.0. The van der Waals surface area contributed by atoms with Crippen LogP contribution < -0.4 is 0 Å². The van der Waals surface area contributed by atoms with E-state index < -0.39 is 23.7 Å². The first-order valence-corrected chi connectivity index (χ1v) is 9.20. The van der Waals surface area contributed by atoms with Gasteiger partial charge < -0.3 is 5.11 Å². The second-order valence-corrected chi connectivity index (χ2v) is 8.71. The van der Waals surface area contributed by atoms with Crippen LogP contribution in [0.4, 0.5) is 13.2 Å². The lowest BCUT2D eigenvalue weighted by Crippen LogP contribution is -2.62. The number of nitrogens with zero attached hydrogens (tertiary/aromatic N) is 2. The van der Waals surface area contributed by atoms with Crippen molar-refractivity contribution in [2.75, 3.05) is 0 Å². The van der Waals surface area contributed by atoms with E-state index in [1.165, 1.54) is 18.2 Å². The molecule has 3 atom stereocenters. The molecule has 0 unspecified atom stereocenters. The molecule has 1 aromatic rings. The molecule has 2 aliphatic rings. The quantitative estimate of drug-likeness (QED) is 0.729. The molecule has 1 amide bonds. The summed E-state index contributed by atoms with van der Waals surface area (Å²) in [6.45, 7) is 5.90. The van der Waals surface area contributed by atoms with E-state index in [1.807, 2.05) is 20.8 Å². The van der Waals surface area contributed by atoms with Gasteiger partial charge in [-0.2, -0.15) is 23.3 Å². The van der Waals surface area contributed by atoms with Crippen molar-refractivity contribution in [3.63, 3.8) is 0 Å². The van der Waals surface area contributed by atoms with Crippen LogP contribution in [0.5, 0.6) is 0 Å². The van der Waals surface area contributed by atoms with Crippen LogP contribution in [-0.2, 0) is 0 Å². The third kappa shape index (κ3) is 3.25. The molecule has 0 spiro atoms. The van der Waals surface area contributed by atoms with Crippen molar-refractivity contribution in [3.8, 4) is 0 Å². The zero-order chi connectivity index (χ0) is 20.2. The van der Waals surface area contributed by atoms with Crippen molar-refractivity contribution in [2.45, 2.75) is 51.9 Å². The van der Waals surface area contributed by atoms with E-state index in [1.54, 1.807) is 6.07 Å². The highest BCUT2D eigenvalue weighted by Gasteiger charge is 2.69. The topological polar surface area (TPSA) is 52.9 Å². The summed E-state index contributed by atoms with van der Waals surface area (Å²) in [6, 6.07) is 5.80. The van der Waals surface area contributed by atoms with E-state index in [2.05, 4.69) is 5.10 Å².